The van der Waals surface area contributed by atoms with Crippen molar-refractivity contribution in [2.75, 3.05) is 27.9 Å². The van der Waals surface area contributed by atoms with E-state index in [0.717, 1.165) is 30.2 Å². The summed E-state index contributed by atoms with van der Waals surface area (Å²) in [6, 6.07) is 4.66. The van der Waals surface area contributed by atoms with E-state index >= 15 is 0 Å². The largest absolute Gasteiger partial charge is 0.493 e. The molecule has 0 heterocycles. The molecule has 4 nitrogen and oxygen atoms in total. The maximum atomic E-state index is 5.52. The van der Waals surface area contributed by atoms with Crippen LogP contribution >= 0.6 is 0 Å². The van der Waals surface area contributed by atoms with Gasteiger partial charge in [-0.25, -0.2) is 0 Å². The van der Waals surface area contributed by atoms with Gasteiger partial charge < -0.3 is 19.5 Å². The molecule has 0 saturated heterocycles. The molecule has 0 spiro atoms. The van der Waals surface area contributed by atoms with Gasteiger partial charge in [0.1, 0.15) is 0 Å². The Hall–Kier alpha value is -1.42. The Balaban J connectivity index is 2.02. The number of hydrogen-bond donors (Lipinski definition) is 1. The van der Waals surface area contributed by atoms with Crippen LogP contribution in [0.15, 0.2) is 12.1 Å². The molecule has 1 aromatic rings. The molecule has 1 saturated carbocycles. The first-order valence-electron chi connectivity index (χ1n) is 7.72. The fraction of sp³-hybridized carbons (Fsp3) is 0.647. The average Bonchev–Trinajstić information content (AvgIpc) is 2.91. The predicted molar refractivity (Wildman–Crippen MR) is 84.6 cm³/mol. The standard InChI is InChI=1S/C17H27NO3/c1-12-6-5-7-14(12)18-11-10-13-8-9-15(19-2)17(21-4)16(13)20-3/h8-9,12,14,18H,5-7,10-11H2,1-4H3. The highest BCUT2D eigenvalue weighted by Gasteiger charge is 2.22. The SMILES string of the molecule is COc1ccc(CCNC2CCCC2C)c(OC)c1OC. The van der Waals surface area contributed by atoms with Gasteiger partial charge in [0.25, 0.3) is 0 Å². The number of ether oxygens (including phenoxy) is 3. The van der Waals surface area contributed by atoms with Crippen LogP contribution in [0.2, 0.25) is 0 Å². The fourth-order valence-electron chi connectivity index (χ4n) is 3.20. The number of rotatable bonds is 7. The monoisotopic (exact) mass is 293 g/mol. The third-order valence-corrected chi connectivity index (χ3v) is 4.45. The van der Waals surface area contributed by atoms with Gasteiger partial charge >= 0.3 is 0 Å². The van der Waals surface area contributed by atoms with Gasteiger partial charge in [0.15, 0.2) is 11.5 Å². The summed E-state index contributed by atoms with van der Waals surface area (Å²) in [4.78, 5) is 0. The van der Waals surface area contributed by atoms with Gasteiger partial charge in [0.2, 0.25) is 5.75 Å². The Morgan fingerprint density at radius 1 is 1.05 bits per heavy atom. The number of nitrogens with one attached hydrogen (secondary N) is 1. The van der Waals surface area contributed by atoms with Gasteiger partial charge in [-0.3, -0.25) is 0 Å². The summed E-state index contributed by atoms with van der Waals surface area (Å²) in [5.41, 5.74) is 1.15. The van der Waals surface area contributed by atoms with Gasteiger partial charge in [-0.15, -0.1) is 0 Å². The third kappa shape index (κ3) is 3.62. The Bertz CT molecular complexity index is 462. The maximum absolute atomic E-state index is 5.52. The van der Waals surface area contributed by atoms with Gasteiger partial charge in [-0.2, -0.15) is 0 Å². The van der Waals surface area contributed by atoms with E-state index in [1.165, 1.54) is 19.3 Å². The smallest absolute Gasteiger partial charge is 0.203 e. The highest BCUT2D eigenvalue weighted by atomic mass is 16.5. The van der Waals surface area contributed by atoms with Crippen LogP contribution in [-0.2, 0) is 6.42 Å². The summed E-state index contributed by atoms with van der Waals surface area (Å²) in [7, 11) is 4.95. The van der Waals surface area contributed by atoms with Crippen molar-refractivity contribution in [1.82, 2.24) is 5.32 Å². The van der Waals surface area contributed by atoms with Crippen molar-refractivity contribution in [2.24, 2.45) is 5.92 Å². The van der Waals surface area contributed by atoms with E-state index in [9.17, 15) is 0 Å². The molecule has 1 aliphatic rings. The Morgan fingerprint density at radius 2 is 1.81 bits per heavy atom. The Morgan fingerprint density at radius 3 is 2.38 bits per heavy atom. The van der Waals surface area contributed by atoms with Gasteiger partial charge in [0.05, 0.1) is 21.3 Å². The summed E-state index contributed by atoms with van der Waals surface area (Å²) in [6.45, 7) is 3.29. The van der Waals surface area contributed by atoms with Crippen molar-refractivity contribution in [3.8, 4) is 17.2 Å². The topological polar surface area (TPSA) is 39.7 Å². The lowest BCUT2D eigenvalue weighted by Crippen LogP contribution is -2.32. The highest BCUT2D eigenvalue weighted by molar-refractivity contribution is 5.55. The van der Waals surface area contributed by atoms with Crippen molar-refractivity contribution >= 4 is 0 Å². The molecule has 0 aliphatic heterocycles. The summed E-state index contributed by atoms with van der Waals surface area (Å²) in [5.74, 6) is 2.94. The van der Waals surface area contributed by atoms with Crippen LogP contribution in [0.3, 0.4) is 0 Å². The van der Waals surface area contributed by atoms with E-state index in [0.29, 0.717) is 17.5 Å². The minimum Gasteiger partial charge on any atom is -0.493 e. The van der Waals surface area contributed by atoms with Crippen molar-refractivity contribution in [1.29, 1.82) is 0 Å². The van der Waals surface area contributed by atoms with Crippen LogP contribution in [0.1, 0.15) is 31.7 Å². The van der Waals surface area contributed by atoms with Crippen LogP contribution in [0.5, 0.6) is 17.2 Å². The number of hydrogen-bond acceptors (Lipinski definition) is 4. The summed E-state index contributed by atoms with van der Waals surface area (Å²) in [5, 5.41) is 3.67. The van der Waals surface area contributed by atoms with Crippen molar-refractivity contribution in [3.05, 3.63) is 17.7 Å². The molecular weight excluding hydrogens is 266 g/mol. The van der Waals surface area contributed by atoms with E-state index < -0.39 is 0 Å². The molecular formula is C17H27NO3. The first-order chi connectivity index (χ1) is 10.2. The number of benzene rings is 1. The molecule has 2 atom stereocenters. The second kappa shape index (κ2) is 7.55. The Labute approximate surface area is 127 Å². The molecule has 1 aromatic carbocycles. The first kappa shape index (κ1) is 16.0. The molecule has 0 aromatic heterocycles. The zero-order chi connectivity index (χ0) is 15.2. The van der Waals surface area contributed by atoms with Gasteiger partial charge in [-0.1, -0.05) is 19.4 Å². The highest BCUT2D eigenvalue weighted by Crippen LogP contribution is 2.39. The van der Waals surface area contributed by atoms with Gasteiger partial charge in [0, 0.05) is 6.04 Å². The van der Waals surface area contributed by atoms with E-state index in [-0.39, 0.29) is 0 Å². The molecule has 21 heavy (non-hydrogen) atoms. The van der Waals surface area contributed by atoms with Crippen LogP contribution in [0.4, 0.5) is 0 Å². The van der Waals surface area contributed by atoms with Crippen LogP contribution in [0.25, 0.3) is 0 Å². The molecule has 2 unspecified atom stereocenters. The Kier molecular flexibility index (Phi) is 5.74. The summed E-state index contributed by atoms with van der Waals surface area (Å²) >= 11 is 0. The van der Waals surface area contributed by atoms with Crippen LogP contribution in [-0.4, -0.2) is 33.9 Å². The van der Waals surface area contributed by atoms with Gasteiger partial charge in [-0.05, 0) is 43.4 Å². The third-order valence-electron chi connectivity index (χ3n) is 4.45. The molecule has 0 amide bonds. The normalized spacial score (nSPS) is 21.3. The zero-order valence-corrected chi connectivity index (χ0v) is 13.6. The van der Waals surface area contributed by atoms with Crippen molar-refractivity contribution in [2.45, 2.75) is 38.6 Å². The van der Waals surface area contributed by atoms with Crippen molar-refractivity contribution in [3.63, 3.8) is 0 Å². The predicted octanol–water partition coefficient (Wildman–Crippen LogP) is 3.03. The first-order valence-corrected chi connectivity index (χ1v) is 7.72. The molecule has 4 heteroatoms. The van der Waals surface area contributed by atoms with Crippen LogP contribution in [0, 0.1) is 5.92 Å². The van der Waals surface area contributed by atoms with E-state index in [4.69, 9.17) is 14.2 Å². The van der Waals surface area contributed by atoms with E-state index in [1.54, 1.807) is 21.3 Å². The zero-order valence-electron chi connectivity index (χ0n) is 13.6. The lowest BCUT2D eigenvalue weighted by Gasteiger charge is -2.19. The quantitative estimate of drug-likeness (QED) is 0.839. The van der Waals surface area contributed by atoms with Crippen molar-refractivity contribution < 1.29 is 14.2 Å². The minimum absolute atomic E-state index is 0.663. The minimum atomic E-state index is 0.663. The molecule has 0 radical (unpaired) electrons. The average molecular weight is 293 g/mol. The second-order valence-corrected chi connectivity index (χ2v) is 5.71. The summed E-state index contributed by atoms with van der Waals surface area (Å²) < 4.78 is 16.3. The van der Waals surface area contributed by atoms with E-state index in [2.05, 4.69) is 18.3 Å². The molecule has 0 bridgehead atoms. The maximum Gasteiger partial charge on any atom is 0.203 e. The van der Waals surface area contributed by atoms with Crippen LogP contribution < -0.4 is 19.5 Å². The second-order valence-electron chi connectivity index (χ2n) is 5.71. The molecule has 118 valence electrons. The lowest BCUT2D eigenvalue weighted by molar-refractivity contribution is 0.321. The molecule has 1 fully saturated rings. The summed E-state index contributed by atoms with van der Waals surface area (Å²) in [6.07, 6.45) is 4.91. The van der Waals surface area contributed by atoms with E-state index in [1.807, 2.05) is 6.07 Å². The lowest BCUT2D eigenvalue weighted by atomic mass is 10.1. The molecule has 2 rings (SSSR count). The molecule has 1 aliphatic carbocycles. The number of methoxy groups -OCH3 is 3. The fourth-order valence-corrected chi connectivity index (χ4v) is 3.20. The molecule has 1 N–H and O–H groups in total.